The fraction of sp³-hybridized carbons (Fsp3) is 0.400. The average molecular weight is 231 g/mol. The van der Waals surface area contributed by atoms with Crippen molar-refractivity contribution >= 4 is 10.2 Å². The number of benzene rings is 1. The fourth-order valence-electron chi connectivity index (χ4n) is 1.21. The molecule has 3 nitrogen and oxygen atoms in total. The molecule has 1 atom stereocenters. The normalized spacial score (nSPS) is 14.2. The highest BCUT2D eigenvalue weighted by Gasteiger charge is 2.13. The molecule has 0 bridgehead atoms. The van der Waals surface area contributed by atoms with E-state index in [1.807, 2.05) is 25.9 Å². The molecule has 0 aromatic heterocycles. The zero-order valence-electron chi connectivity index (χ0n) is 8.94. The van der Waals surface area contributed by atoms with Crippen molar-refractivity contribution < 1.29 is 12.3 Å². The SMILES string of the molecule is CC(c1ccc(S(=O)(=O)F)cc1)N(C)C. The van der Waals surface area contributed by atoms with Gasteiger partial charge in [-0.25, -0.2) is 0 Å². The molecule has 0 aliphatic rings. The van der Waals surface area contributed by atoms with Crippen LogP contribution in [0.5, 0.6) is 0 Å². The van der Waals surface area contributed by atoms with Gasteiger partial charge in [-0.1, -0.05) is 12.1 Å². The highest BCUT2D eigenvalue weighted by Crippen LogP contribution is 2.20. The number of hydrogen-bond acceptors (Lipinski definition) is 3. The highest BCUT2D eigenvalue weighted by atomic mass is 32.3. The number of halogens is 1. The second kappa shape index (κ2) is 4.28. The van der Waals surface area contributed by atoms with E-state index in [2.05, 4.69) is 0 Å². The minimum Gasteiger partial charge on any atom is -0.303 e. The van der Waals surface area contributed by atoms with E-state index in [9.17, 15) is 12.3 Å². The predicted molar refractivity (Wildman–Crippen MR) is 56.8 cm³/mol. The van der Waals surface area contributed by atoms with E-state index in [1.54, 1.807) is 12.1 Å². The fourth-order valence-corrected chi connectivity index (χ4v) is 1.67. The lowest BCUT2D eigenvalue weighted by molar-refractivity contribution is 0.321. The Morgan fingerprint density at radius 3 is 2.00 bits per heavy atom. The zero-order valence-corrected chi connectivity index (χ0v) is 9.75. The Balaban J connectivity index is 3.01. The van der Waals surface area contributed by atoms with Gasteiger partial charge in [-0.15, -0.1) is 3.89 Å². The molecule has 0 aliphatic heterocycles. The zero-order chi connectivity index (χ0) is 11.6. The molecule has 0 amide bonds. The Labute approximate surface area is 89.7 Å². The maximum Gasteiger partial charge on any atom is 0.332 e. The first-order chi connectivity index (χ1) is 6.82. The molecule has 1 rings (SSSR count). The summed E-state index contributed by atoms with van der Waals surface area (Å²) in [6, 6.07) is 5.98. The first-order valence-corrected chi connectivity index (χ1v) is 5.92. The number of nitrogens with zero attached hydrogens (tertiary/aromatic N) is 1. The van der Waals surface area contributed by atoms with E-state index in [-0.39, 0.29) is 10.9 Å². The van der Waals surface area contributed by atoms with E-state index < -0.39 is 10.2 Å². The Hall–Kier alpha value is -0.940. The van der Waals surface area contributed by atoms with E-state index in [0.29, 0.717) is 0 Å². The van der Waals surface area contributed by atoms with Crippen LogP contribution in [0.3, 0.4) is 0 Å². The maximum atomic E-state index is 12.6. The summed E-state index contributed by atoms with van der Waals surface area (Å²) in [4.78, 5) is 1.69. The Kier molecular flexibility index (Phi) is 3.46. The number of hydrogen-bond donors (Lipinski definition) is 0. The van der Waals surface area contributed by atoms with Crippen molar-refractivity contribution in [1.82, 2.24) is 4.90 Å². The van der Waals surface area contributed by atoms with Crippen molar-refractivity contribution in [2.24, 2.45) is 0 Å². The van der Waals surface area contributed by atoms with Gasteiger partial charge in [0.2, 0.25) is 0 Å². The van der Waals surface area contributed by atoms with Crippen LogP contribution in [0.25, 0.3) is 0 Å². The minimum atomic E-state index is -4.58. The molecule has 1 aromatic rings. The predicted octanol–water partition coefficient (Wildman–Crippen LogP) is 1.97. The summed E-state index contributed by atoms with van der Waals surface area (Å²) in [6.45, 7) is 1.99. The van der Waals surface area contributed by atoms with Gasteiger partial charge >= 0.3 is 10.2 Å². The Morgan fingerprint density at radius 2 is 1.67 bits per heavy atom. The van der Waals surface area contributed by atoms with Gasteiger partial charge < -0.3 is 4.90 Å². The molecule has 1 aromatic carbocycles. The van der Waals surface area contributed by atoms with E-state index >= 15 is 0 Å². The van der Waals surface area contributed by atoms with Crippen LogP contribution < -0.4 is 0 Å². The summed E-state index contributed by atoms with van der Waals surface area (Å²) in [7, 11) is -0.737. The van der Waals surface area contributed by atoms with Gasteiger partial charge in [-0.3, -0.25) is 0 Å². The molecule has 0 radical (unpaired) electrons. The molecule has 5 heteroatoms. The Bertz CT molecular complexity index is 425. The summed E-state index contributed by atoms with van der Waals surface area (Å²) in [6.07, 6.45) is 0. The van der Waals surface area contributed by atoms with Gasteiger partial charge in [-0.05, 0) is 38.7 Å². The average Bonchev–Trinajstić information content (AvgIpc) is 2.15. The van der Waals surface area contributed by atoms with Gasteiger partial charge in [0.15, 0.2) is 0 Å². The Morgan fingerprint density at radius 1 is 1.20 bits per heavy atom. The topological polar surface area (TPSA) is 37.4 Å². The molecule has 0 fully saturated rings. The summed E-state index contributed by atoms with van der Waals surface area (Å²) in [5.41, 5.74) is 0.951. The van der Waals surface area contributed by atoms with E-state index in [4.69, 9.17) is 0 Å². The summed E-state index contributed by atoms with van der Waals surface area (Å²) in [5, 5.41) is 0. The molecule has 0 heterocycles. The molecule has 0 saturated carbocycles. The molecule has 0 N–H and O–H groups in total. The molecule has 84 valence electrons. The molecule has 0 spiro atoms. The highest BCUT2D eigenvalue weighted by molar-refractivity contribution is 7.86. The number of rotatable bonds is 3. The largest absolute Gasteiger partial charge is 0.332 e. The standard InChI is InChI=1S/C10H14FNO2S/c1-8(12(2)3)9-4-6-10(7-5-9)15(11,13)14/h4-8H,1-3H3. The summed E-state index contributed by atoms with van der Waals surface area (Å²) >= 11 is 0. The molecular formula is C10H14FNO2S. The lowest BCUT2D eigenvalue weighted by atomic mass is 10.1. The van der Waals surface area contributed by atoms with Crippen LogP contribution >= 0.6 is 0 Å². The minimum absolute atomic E-state index is 0.168. The van der Waals surface area contributed by atoms with Crippen molar-refractivity contribution in [1.29, 1.82) is 0 Å². The molecule has 1 unspecified atom stereocenters. The van der Waals surface area contributed by atoms with Crippen LogP contribution in [0, 0.1) is 0 Å². The van der Waals surface area contributed by atoms with Crippen molar-refractivity contribution in [2.75, 3.05) is 14.1 Å². The second-order valence-electron chi connectivity index (χ2n) is 3.65. The summed E-state index contributed by atoms with van der Waals surface area (Å²) < 4.78 is 33.7. The monoisotopic (exact) mass is 231 g/mol. The van der Waals surface area contributed by atoms with Crippen LogP contribution in [0.1, 0.15) is 18.5 Å². The molecule has 15 heavy (non-hydrogen) atoms. The van der Waals surface area contributed by atoms with Gasteiger partial charge in [0.1, 0.15) is 0 Å². The van der Waals surface area contributed by atoms with Crippen molar-refractivity contribution in [3.63, 3.8) is 0 Å². The smallest absolute Gasteiger partial charge is 0.303 e. The van der Waals surface area contributed by atoms with Gasteiger partial charge in [0, 0.05) is 6.04 Å². The van der Waals surface area contributed by atoms with E-state index in [0.717, 1.165) is 5.56 Å². The first kappa shape index (κ1) is 12.1. The quantitative estimate of drug-likeness (QED) is 0.746. The van der Waals surface area contributed by atoms with Crippen LogP contribution in [0.4, 0.5) is 3.89 Å². The second-order valence-corrected chi connectivity index (χ2v) is 4.99. The molecule has 0 aliphatic carbocycles. The van der Waals surface area contributed by atoms with Crippen LogP contribution in [-0.2, 0) is 10.2 Å². The first-order valence-electron chi connectivity index (χ1n) is 4.53. The third-order valence-electron chi connectivity index (χ3n) is 2.42. The third-order valence-corrected chi connectivity index (χ3v) is 3.25. The van der Waals surface area contributed by atoms with Crippen molar-refractivity contribution in [3.05, 3.63) is 29.8 Å². The maximum absolute atomic E-state index is 12.6. The molecular weight excluding hydrogens is 217 g/mol. The van der Waals surface area contributed by atoms with Crippen LogP contribution in [0.2, 0.25) is 0 Å². The summed E-state index contributed by atoms with van der Waals surface area (Å²) in [5.74, 6) is 0. The van der Waals surface area contributed by atoms with Gasteiger partial charge in [0.05, 0.1) is 4.90 Å². The molecule has 0 saturated heterocycles. The lowest BCUT2D eigenvalue weighted by Crippen LogP contribution is -2.16. The van der Waals surface area contributed by atoms with Crippen molar-refractivity contribution in [3.8, 4) is 0 Å². The van der Waals surface area contributed by atoms with Crippen molar-refractivity contribution in [2.45, 2.75) is 17.9 Å². The lowest BCUT2D eigenvalue weighted by Gasteiger charge is -2.19. The van der Waals surface area contributed by atoms with E-state index in [1.165, 1.54) is 12.1 Å². The van der Waals surface area contributed by atoms with Gasteiger partial charge in [0.25, 0.3) is 0 Å². The third kappa shape index (κ3) is 3.00. The van der Waals surface area contributed by atoms with Crippen LogP contribution in [-0.4, -0.2) is 27.4 Å². The van der Waals surface area contributed by atoms with Gasteiger partial charge in [-0.2, -0.15) is 8.42 Å². The van der Waals surface area contributed by atoms with Crippen LogP contribution in [0.15, 0.2) is 29.2 Å².